The number of para-hydroxylation sites is 1. The van der Waals surface area contributed by atoms with Crippen molar-refractivity contribution in [3.63, 3.8) is 0 Å². The van der Waals surface area contributed by atoms with Crippen molar-refractivity contribution in [3.8, 4) is 5.75 Å². The van der Waals surface area contributed by atoms with Crippen LogP contribution in [0.2, 0.25) is 0 Å². The second kappa shape index (κ2) is 4.95. The molecule has 2 nitrogen and oxygen atoms in total. The van der Waals surface area contributed by atoms with E-state index in [2.05, 4.69) is 4.74 Å². The normalized spacial score (nSPS) is 13.2. The van der Waals surface area contributed by atoms with Crippen LogP contribution in [0.25, 0.3) is 0 Å². The number of ketones is 1. The van der Waals surface area contributed by atoms with Crippen molar-refractivity contribution in [2.75, 3.05) is 7.11 Å². The second-order valence-corrected chi connectivity index (χ2v) is 3.68. The van der Waals surface area contributed by atoms with Crippen molar-refractivity contribution in [1.82, 2.24) is 0 Å². The summed E-state index contributed by atoms with van der Waals surface area (Å²) in [6.45, 7) is 0. The topological polar surface area (TPSA) is 26.3 Å². The third kappa shape index (κ3) is 2.44. The number of benzene rings is 1. The summed E-state index contributed by atoms with van der Waals surface area (Å²) in [6, 6.07) is 3.91. The quantitative estimate of drug-likeness (QED) is 0.626. The number of rotatable bonds is 4. The maximum Gasteiger partial charge on any atom is 0.460 e. The second-order valence-electron chi connectivity index (χ2n) is 3.68. The number of methoxy groups -OCH3 is 1. The monoisotopic (exact) mass is 304 g/mol. The molecule has 1 aromatic carbocycles. The molecule has 0 aliphatic heterocycles. The molecule has 0 saturated carbocycles. The molecule has 9 heteroatoms. The van der Waals surface area contributed by atoms with Gasteiger partial charge < -0.3 is 4.74 Å². The highest BCUT2D eigenvalue weighted by atomic mass is 19.4. The van der Waals surface area contributed by atoms with E-state index in [4.69, 9.17) is 0 Å². The molecule has 112 valence electrons. The van der Waals surface area contributed by atoms with Crippen LogP contribution in [0.4, 0.5) is 30.7 Å². The minimum Gasteiger partial charge on any atom is -0.496 e. The first-order valence-electron chi connectivity index (χ1n) is 4.97. The maximum absolute atomic E-state index is 13.2. The largest absolute Gasteiger partial charge is 0.496 e. The summed E-state index contributed by atoms with van der Waals surface area (Å²) in [5.41, 5.74) is -1.07. The SMILES string of the molecule is COc1ccccc1C(=O)C(F)(F)C(F)(F)C(F)(F)F. The molecule has 1 rings (SSSR count). The van der Waals surface area contributed by atoms with Gasteiger partial charge in [-0.15, -0.1) is 0 Å². The van der Waals surface area contributed by atoms with E-state index in [0.717, 1.165) is 19.2 Å². The van der Waals surface area contributed by atoms with Crippen LogP contribution in [0.5, 0.6) is 5.75 Å². The molecule has 1 aromatic rings. The van der Waals surface area contributed by atoms with Gasteiger partial charge in [0.1, 0.15) is 5.75 Å². The van der Waals surface area contributed by atoms with Crippen LogP contribution in [0, 0.1) is 0 Å². The molecule has 0 aliphatic rings. The summed E-state index contributed by atoms with van der Waals surface area (Å²) >= 11 is 0. The molecule has 0 aliphatic carbocycles. The lowest BCUT2D eigenvalue weighted by atomic mass is 9.99. The Labute approximate surface area is 108 Å². The Morgan fingerprint density at radius 2 is 1.50 bits per heavy atom. The molecule has 0 radical (unpaired) electrons. The lowest BCUT2D eigenvalue weighted by molar-refractivity contribution is -0.339. The van der Waals surface area contributed by atoms with Gasteiger partial charge in [-0.05, 0) is 12.1 Å². The average molecular weight is 304 g/mol. The van der Waals surface area contributed by atoms with Crippen molar-refractivity contribution in [3.05, 3.63) is 29.8 Å². The molecular formula is C11H7F7O2. The standard InChI is InChI=1S/C11H7F7O2/c1-20-7-5-3-2-4-6(7)8(19)9(12,13)10(14,15)11(16,17)18/h2-5H,1H3. The minimum absolute atomic E-state index is 0.532. The van der Waals surface area contributed by atoms with E-state index in [1.54, 1.807) is 0 Å². The molecule has 0 N–H and O–H groups in total. The molecular weight excluding hydrogens is 297 g/mol. The molecule has 20 heavy (non-hydrogen) atoms. The van der Waals surface area contributed by atoms with Gasteiger partial charge in [-0.3, -0.25) is 4.79 Å². The smallest absolute Gasteiger partial charge is 0.460 e. The Morgan fingerprint density at radius 1 is 1.00 bits per heavy atom. The van der Waals surface area contributed by atoms with Gasteiger partial charge in [0.2, 0.25) is 5.78 Å². The van der Waals surface area contributed by atoms with Crippen LogP contribution < -0.4 is 4.74 Å². The van der Waals surface area contributed by atoms with Crippen LogP contribution >= 0.6 is 0 Å². The lowest BCUT2D eigenvalue weighted by Crippen LogP contribution is -2.56. The Bertz CT molecular complexity index is 508. The molecule has 0 aromatic heterocycles. The van der Waals surface area contributed by atoms with Gasteiger partial charge in [0, 0.05) is 0 Å². The zero-order valence-electron chi connectivity index (χ0n) is 9.77. The number of alkyl halides is 7. The van der Waals surface area contributed by atoms with E-state index >= 15 is 0 Å². The molecule has 0 spiro atoms. The fourth-order valence-corrected chi connectivity index (χ4v) is 1.32. The van der Waals surface area contributed by atoms with E-state index in [1.165, 1.54) is 6.07 Å². The number of hydrogen-bond donors (Lipinski definition) is 0. The Hall–Kier alpha value is -1.80. The summed E-state index contributed by atoms with van der Waals surface area (Å²) in [4.78, 5) is 11.3. The van der Waals surface area contributed by atoms with Gasteiger partial charge in [0.15, 0.2) is 0 Å². The number of carbonyl (C=O) groups excluding carboxylic acids is 1. The lowest BCUT2D eigenvalue weighted by Gasteiger charge is -2.27. The molecule has 0 fully saturated rings. The van der Waals surface area contributed by atoms with Crippen molar-refractivity contribution in [2.24, 2.45) is 0 Å². The third-order valence-corrected chi connectivity index (χ3v) is 2.39. The van der Waals surface area contributed by atoms with Gasteiger partial charge >= 0.3 is 18.0 Å². The van der Waals surface area contributed by atoms with Crippen LogP contribution in [-0.4, -0.2) is 30.9 Å². The van der Waals surface area contributed by atoms with Crippen molar-refractivity contribution in [2.45, 2.75) is 18.0 Å². The first-order chi connectivity index (χ1) is 8.96. The van der Waals surface area contributed by atoms with Crippen LogP contribution in [0.1, 0.15) is 10.4 Å². The summed E-state index contributed by atoms with van der Waals surface area (Å²) < 4.78 is 92.3. The van der Waals surface area contributed by atoms with Gasteiger partial charge in [-0.2, -0.15) is 30.7 Å². The first-order valence-corrected chi connectivity index (χ1v) is 4.97. The molecule has 0 atom stereocenters. The minimum atomic E-state index is -6.56. The highest BCUT2D eigenvalue weighted by molar-refractivity contribution is 6.04. The van der Waals surface area contributed by atoms with Crippen molar-refractivity contribution < 1.29 is 40.3 Å². The van der Waals surface area contributed by atoms with Crippen LogP contribution in [-0.2, 0) is 0 Å². The molecule has 0 bridgehead atoms. The third-order valence-electron chi connectivity index (χ3n) is 2.39. The van der Waals surface area contributed by atoms with Crippen LogP contribution in [0.15, 0.2) is 24.3 Å². The Morgan fingerprint density at radius 3 is 1.95 bits per heavy atom. The number of ether oxygens (including phenoxy) is 1. The van der Waals surface area contributed by atoms with Gasteiger partial charge in [-0.1, -0.05) is 12.1 Å². The van der Waals surface area contributed by atoms with Gasteiger partial charge in [0.25, 0.3) is 0 Å². The zero-order chi connectivity index (χ0) is 15.8. The Balaban J connectivity index is 3.32. The molecule has 0 unspecified atom stereocenters. The van der Waals surface area contributed by atoms with E-state index in [9.17, 15) is 35.5 Å². The van der Waals surface area contributed by atoms with E-state index in [0.29, 0.717) is 6.07 Å². The molecule has 0 amide bonds. The molecule has 0 saturated heterocycles. The Kier molecular flexibility index (Phi) is 4.02. The van der Waals surface area contributed by atoms with Gasteiger partial charge in [-0.25, -0.2) is 0 Å². The summed E-state index contributed by atoms with van der Waals surface area (Å²) in [5, 5.41) is 0. The van der Waals surface area contributed by atoms with E-state index in [-0.39, 0.29) is 0 Å². The summed E-state index contributed by atoms with van der Waals surface area (Å²) in [5.74, 6) is -15.6. The number of Topliss-reactive ketones (excluding diaryl/α,β-unsaturated/α-hetero) is 1. The maximum atomic E-state index is 13.2. The highest BCUT2D eigenvalue weighted by Gasteiger charge is 2.76. The van der Waals surface area contributed by atoms with E-state index < -0.39 is 35.1 Å². The molecule has 0 heterocycles. The number of hydrogen-bond acceptors (Lipinski definition) is 2. The zero-order valence-corrected chi connectivity index (χ0v) is 9.77. The fourth-order valence-electron chi connectivity index (χ4n) is 1.32. The average Bonchev–Trinajstić information content (AvgIpc) is 2.36. The van der Waals surface area contributed by atoms with Crippen LogP contribution in [0.3, 0.4) is 0 Å². The first kappa shape index (κ1) is 16.3. The predicted octanol–water partition coefficient (Wildman–Crippen LogP) is 3.71. The highest BCUT2D eigenvalue weighted by Crippen LogP contribution is 2.48. The van der Waals surface area contributed by atoms with Crippen molar-refractivity contribution >= 4 is 5.78 Å². The summed E-state index contributed by atoms with van der Waals surface area (Å²) in [7, 11) is 0.951. The predicted molar refractivity (Wildman–Crippen MR) is 53.3 cm³/mol. The van der Waals surface area contributed by atoms with Crippen molar-refractivity contribution in [1.29, 1.82) is 0 Å². The van der Waals surface area contributed by atoms with Gasteiger partial charge in [0.05, 0.1) is 12.7 Å². The fraction of sp³-hybridized carbons (Fsp3) is 0.364. The van der Waals surface area contributed by atoms with E-state index in [1.807, 2.05) is 0 Å². The number of halogens is 7. The number of carbonyl (C=O) groups is 1. The summed E-state index contributed by atoms with van der Waals surface area (Å²) in [6.07, 6.45) is -6.56.